The maximum absolute atomic E-state index is 9.10. The van der Waals surface area contributed by atoms with E-state index in [0.717, 1.165) is 45.0 Å². The summed E-state index contributed by atoms with van der Waals surface area (Å²) in [4.78, 5) is 23.2. The Balaban J connectivity index is 0.000000438. The van der Waals surface area contributed by atoms with Crippen molar-refractivity contribution >= 4 is 27.9 Å². The van der Waals surface area contributed by atoms with Gasteiger partial charge in [0.05, 0.1) is 7.11 Å². The van der Waals surface area contributed by atoms with Gasteiger partial charge in [-0.2, -0.15) is 0 Å². The van der Waals surface area contributed by atoms with Gasteiger partial charge in [0.15, 0.2) is 0 Å². The van der Waals surface area contributed by atoms with E-state index in [1.165, 1.54) is 15.6 Å². The lowest BCUT2D eigenvalue weighted by Crippen LogP contribution is -2.45. The number of halogens is 1. The molecule has 2 N–H and O–H groups in total. The summed E-state index contributed by atoms with van der Waals surface area (Å²) in [6, 6.07) is 16.9. The van der Waals surface area contributed by atoms with Gasteiger partial charge in [-0.25, -0.2) is 9.59 Å². The zero-order valence-electron chi connectivity index (χ0n) is 16.3. The molecule has 0 aromatic heterocycles. The summed E-state index contributed by atoms with van der Waals surface area (Å²) in [7, 11) is 1.72. The van der Waals surface area contributed by atoms with Crippen LogP contribution in [0.5, 0.6) is 5.75 Å². The Kier molecular flexibility index (Phi) is 9.11. The van der Waals surface area contributed by atoms with E-state index in [4.69, 9.17) is 24.5 Å². The van der Waals surface area contributed by atoms with Crippen molar-refractivity contribution in [1.82, 2.24) is 9.80 Å². The first-order valence-electron chi connectivity index (χ1n) is 9.16. The first-order valence-corrected chi connectivity index (χ1v) is 9.95. The Morgan fingerprint density at radius 1 is 0.931 bits per heavy atom. The van der Waals surface area contributed by atoms with Crippen molar-refractivity contribution in [3.63, 3.8) is 0 Å². The highest BCUT2D eigenvalue weighted by Gasteiger charge is 2.17. The van der Waals surface area contributed by atoms with Crippen molar-refractivity contribution in [2.45, 2.75) is 13.1 Å². The van der Waals surface area contributed by atoms with Crippen LogP contribution in [0.15, 0.2) is 53.0 Å². The molecule has 2 aromatic rings. The second kappa shape index (κ2) is 11.5. The van der Waals surface area contributed by atoms with E-state index < -0.39 is 11.9 Å². The Morgan fingerprint density at radius 2 is 1.52 bits per heavy atom. The zero-order valence-corrected chi connectivity index (χ0v) is 17.8. The summed E-state index contributed by atoms with van der Waals surface area (Å²) in [5.74, 6) is -2.71. The molecule has 0 spiro atoms. The molecule has 0 unspecified atom stereocenters. The van der Waals surface area contributed by atoms with Gasteiger partial charge in [-0.15, -0.1) is 0 Å². The lowest BCUT2D eigenvalue weighted by Gasteiger charge is -2.35. The highest BCUT2D eigenvalue weighted by atomic mass is 79.9. The van der Waals surface area contributed by atoms with Crippen molar-refractivity contribution < 1.29 is 24.5 Å². The maximum Gasteiger partial charge on any atom is 0.414 e. The number of methoxy groups -OCH3 is 1. The smallest absolute Gasteiger partial charge is 0.414 e. The largest absolute Gasteiger partial charge is 0.497 e. The van der Waals surface area contributed by atoms with E-state index in [2.05, 4.69) is 68.2 Å². The zero-order chi connectivity index (χ0) is 21.2. The summed E-state index contributed by atoms with van der Waals surface area (Å²) in [5, 5.41) is 14.8. The number of carbonyl (C=O) groups is 2. The third kappa shape index (κ3) is 7.84. The summed E-state index contributed by atoms with van der Waals surface area (Å²) in [5.41, 5.74) is 2.69. The molecule has 2 aromatic carbocycles. The van der Waals surface area contributed by atoms with Crippen molar-refractivity contribution in [3.05, 3.63) is 64.1 Å². The van der Waals surface area contributed by atoms with Gasteiger partial charge in [0.25, 0.3) is 0 Å². The normalized spacial score (nSPS) is 14.6. The van der Waals surface area contributed by atoms with Crippen LogP contribution >= 0.6 is 15.9 Å². The van der Waals surface area contributed by atoms with Gasteiger partial charge >= 0.3 is 11.9 Å². The van der Waals surface area contributed by atoms with Crippen LogP contribution in [0.25, 0.3) is 0 Å². The first kappa shape index (κ1) is 22.9. The Labute approximate surface area is 178 Å². The number of hydrogen-bond donors (Lipinski definition) is 2. The molecule has 3 rings (SSSR count). The molecular weight excluding hydrogens is 440 g/mol. The van der Waals surface area contributed by atoms with E-state index in [-0.39, 0.29) is 0 Å². The molecule has 0 saturated carbocycles. The SMILES string of the molecule is COc1cccc(CN2CCN(Cc3ccccc3Br)CC2)c1.O=C(O)C(=O)O. The van der Waals surface area contributed by atoms with Crippen LogP contribution < -0.4 is 4.74 Å². The number of ether oxygens (including phenoxy) is 1. The van der Waals surface area contributed by atoms with Gasteiger partial charge < -0.3 is 14.9 Å². The molecule has 1 aliphatic rings. The van der Waals surface area contributed by atoms with Crippen LogP contribution in [0.4, 0.5) is 0 Å². The van der Waals surface area contributed by atoms with Crippen molar-refractivity contribution in [2.24, 2.45) is 0 Å². The quantitative estimate of drug-likeness (QED) is 0.657. The van der Waals surface area contributed by atoms with Gasteiger partial charge in [0, 0.05) is 43.7 Å². The molecule has 0 atom stereocenters. The lowest BCUT2D eigenvalue weighted by atomic mass is 10.1. The predicted molar refractivity (Wildman–Crippen MR) is 113 cm³/mol. The Morgan fingerprint density at radius 3 is 2.07 bits per heavy atom. The molecule has 0 bridgehead atoms. The lowest BCUT2D eigenvalue weighted by molar-refractivity contribution is -0.159. The minimum atomic E-state index is -1.82. The first-order chi connectivity index (χ1) is 13.9. The van der Waals surface area contributed by atoms with Crippen LogP contribution in [0.1, 0.15) is 11.1 Å². The van der Waals surface area contributed by atoms with Gasteiger partial charge in [-0.1, -0.05) is 46.3 Å². The van der Waals surface area contributed by atoms with Crippen LogP contribution in [0.3, 0.4) is 0 Å². The summed E-state index contributed by atoms with van der Waals surface area (Å²) < 4.78 is 6.51. The molecule has 1 fully saturated rings. The fourth-order valence-electron chi connectivity index (χ4n) is 3.00. The molecule has 0 amide bonds. The Hall–Kier alpha value is -2.42. The summed E-state index contributed by atoms with van der Waals surface area (Å²) in [6.07, 6.45) is 0. The fourth-order valence-corrected chi connectivity index (χ4v) is 3.41. The molecular formula is C21H25BrN2O5. The third-order valence-electron chi connectivity index (χ3n) is 4.54. The molecule has 8 heteroatoms. The molecule has 1 aliphatic heterocycles. The minimum absolute atomic E-state index is 0.940. The van der Waals surface area contributed by atoms with Crippen LogP contribution in [0, 0.1) is 0 Å². The minimum Gasteiger partial charge on any atom is -0.497 e. The number of benzene rings is 2. The van der Waals surface area contributed by atoms with Crippen molar-refractivity contribution in [2.75, 3.05) is 33.3 Å². The number of rotatable bonds is 5. The third-order valence-corrected chi connectivity index (χ3v) is 5.31. The number of nitrogens with zero attached hydrogens (tertiary/aromatic N) is 2. The molecule has 156 valence electrons. The fraction of sp³-hybridized carbons (Fsp3) is 0.333. The van der Waals surface area contributed by atoms with Crippen molar-refractivity contribution in [1.29, 1.82) is 0 Å². The second-order valence-corrected chi connectivity index (χ2v) is 7.46. The standard InChI is InChI=1S/C19H23BrN2O.C2H2O4/c1-23-18-7-4-5-16(13-18)14-21-9-11-22(12-10-21)15-17-6-2-3-8-19(17)20;3-1(4)2(5)6/h2-8,13H,9-12,14-15H2,1H3;(H,3,4)(H,5,6). The van der Waals surface area contributed by atoms with E-state index in [0.29, 0.717) is 0 Å². The highest BCUT2D eigenvalue weighted by Crippen LogP contribution is 2.19. The number of piperazine rings is 1. The summed E-state index contributed by atoms with van der Waals surface area (Å²) in [6.45, 7) is 6.48. The Bertz CT molecular complexity index is 810. The van der Waals surface area contributed by atoms with Crippen LogP contribution in [-0.2, 0) is 22.7 Å². The second-order valence-electron chi connectivity index (χ2n) is 6.61. The maximum atomic E-state index is 9.10. The van der Waals surface area contributed by atoms with Crippen molar-refractivity contribution in [3.8, 4) is 5.75 Å². The average molecular weight is 465 g/mol. The van der Waals surface area contributed by atoms with Gasteiger partial charge in [0.2, 0.25) is 0 Å². The molecule has 1 saturated heterocycles. The number of carboxylic acids is 2. The molecule has 0 radical (unpaired) electrons. The monoisotopic (exact) mass is 464 g/mol. The average Bonchev–Trinajstić information content (AvgIpc) is 2.72. The van der Waals surface area contributed by atoms with E-state index in [1.54, 1.807) is 7.11 Å². The molecule has 1 heterocycles. The van der Waals surface area contributed by atoms with Crippen LogP contribution in [-0.4, -0.2) is 65.2 Å². The highest BCUT2D eigenvalue weighted by molar-refractivity contribution is 9.10. The molecule has 7 nitrogen and oxygen atoms in total. The van der Waals surface area contributed by atoms with E-state index in [1.807, 2.05) is 6.07 Å². The number of aliphatic carboxylic acids is 2. The van der Waals surface area contributed by atoms with Crippen LogP contribution in [0.2, 0.25) is 0 Å². The molecule has 29 heavy (non-hydrogen) atoms. The van der Waals surface area contributed by atoms with Gasteiger partial charge in [0.1, 0.15) is 5.75 Å². The number of carboxylic acid groups (broad SMARTS) is 2. The number of hydrogen-bond acceptors (Lipinski definition) is 5. The van der Waals surface area contributed by atoms with E-state index >= 15 is 0 Å². The topological polar surface area (TPSA) is 90.3 Å². The van der Waals surface area contributed by atoms with Gasteiger partial charge in [-0.05, 0) is 29.3 Å². The van der Waals surface area contributed by atoms with Gasteiger partial charge in [-0.3, -0.25) is 9.80 Å². The summed E-state index contributed by atoms with van der Waals surface area (Å²) >= 11 is 3.64. The molecule has 0 aliphatic carbocycles. The predicted octanol–water partition coefficient (Wildman–Crippen LogP) is 2.93. The van der Waals surface area contributed by atoms with E-state index in [9.17, 15) is 0 Å².